The Labute approximate surface area is 124 Å². The lowest BCUT2D eigenvalue weighted by Crippen LogP contribution is -2.30. The lowest BCUT2D eigenvalue weighted by Gasteiger charge is -2.15. The fraction of sp³-hybridized carbons (Fsp3) is 0.333. The van der Waals surface area contributed by atoms with Gasteiger partial charge in [-0.05, 0) is 30.9 Å². The van der Waals surface area contributed by atoms with Crippen LogP contribution in [0.3, 0.4) is 0 Å². The number of benzene rings is 1. The predicted octanol–water partition coefficient (Wildman–Crippen LogP) is 2.98. The van der Waals surface area contributed by atoms with Gasteiger partial charge in [-0.3, -0.25) is 10.1 Å². The molecule has 1 aromatic carbocycles. The van der Waals surface area contributed by atoms with Crippen molar-refractivity contribution >= 4 is 9.84 Å². The van der Waals surface area contributed by atoms with Crippen molar-refractivity contribution < 1.29 is 13.3 Å². The van der Waals surface area contributed by atoms with Gasteiger partial charge in [0.15, 0.2) is 0 Å². The monoisotopic (exact) mass is 307 g/mol. The second-order valence-electron chi connectivity index (χ2n) is 4.98. The molecule has 5 nitrogen and oxygen atoms in total. The van der Waals surface area contributed by atoms with Crippen LogP contribution in [0.5, 0.6) is 0 Å². The summed E-state index contributed by atoms with van der Waals surface area (Å²) < 4.78 is 24.7. The molecule has 0 aromatic heterocycles. The molecule has 0 amide bonds. The van der Waals surface area contributed by atoms with Crippen LogP contribution in [0.15, 0.2) is 59.5 Å². The van der Waals surface area contributed by atoms with E-state index in [2.05, 4.69) is 0 Å². The van der Waals surface area contributed by atoms with Crippen molar-refractivity contribution in [3.8, 4) is 0 Å². The maximum absolute atomic E-state index is 12.4. The average molecular weight is 307 g/mol. The first kappa shape index (κ1) is 15.4. The summed E-state index contributed by atoms with van der Waals surface area (Å²) in [7, 11) is -3.94. The lowest BCUT2D eigenvalue weighted by molar-refractivity contribution is -0.498. The molecule has 1 aliphatic rings. The minimum absolute atomic E-state index is 0.00535. The summed E-state index contributed by atoms with van der Waals surface area (Å²) in [5.41, 5.74) is 0. The third kappa shape index (κ3) is 3.78. The van der Waals surface area contributed by atoms with Crippen molar-refractivity contribution in [3.05, 3.63) is 64.8 Å². The molecular weight excluding hydrogens is 290 g/mol. The molecular formula is C15H17NO4S. The summed E-state index contributed by atoms with van der Waals surface area (Å²) in [6.07, 6.45) is 9.06. The lowest BCUT2D eigenvalue weighted by atomic mass is 9.96. The van der Waals surface area contributed by atoms with Crippen molar-refractivity contribution in [1.82, 2.24) is 0 Å². The fourth-order valence-corrected chi connectivity index (χ4v) is 3.87. The molecule has 1 aromatic rings. The quantitative estimate of drug-likeness (QED) is 0.598. The normalized spacial score (nSPS) is 19.3. The molecule has 0 N–H and O–H groups in total. The first-order valence-electron chi connectivity index (χ1n) is 6.77. The Morgan fingerprint density at radius 2 is 1.95 bits per heavy atom. The van der Waals surface area contributed by atoms with Crippen LogP contribution in [-0.4, -0.2) is 18.7 Å². The zero-order chi connectivity index (χ0) is 15.3. The van der Waals surface area contributed by atoms with E-state index < -0.39 is 20.1 Å². The maximum Gasteiger partial charge on any atom is 0.314 e. The first-order valence-corrected chi connectivity index (χ1v) is 8.32. The van der Waals surface area contributed by atoms with Crippen LogP contribution in [0.25, 0.3) is 0 Å². The third-order valence-electron chi connectivity index (χ3n) is 3.52. The van der Waals surface area contributed by atoms with E-state index >= 15 is 0 Å². The topological polar surface area (TPSA) is 77.3 Å². The van der Waals surface area contributed by atoms with Gasteiger partial charge in [0.05, 0.1) is 4.90 Å². The number of rotatable bonds is 6. The molecule has 112 valence electrons. The van der Waals surface area contributed by atoms with Crippen LogP contribution in [-0.2, 0) is 9.84 Å². The van der Waals surface area contributed by atoms with Crippen LogP contribution < -0.4 is 0 Å². The molecule has 0 saturated carbocycles. The largest absolute Gasteiger partial charge is 0.314 e. The van der Waals surface area contributed by atoms with Crippen molar-refractivity contribution in [1.29, 1.82) is 0 Å². The number of sulfone groups is 1. The van der Waals surface area contributed by atoms with Crippen molar-refractivity contribution in [3.63, 3.8) is 0 Å². The van der Waals surface area contributed by atoms with Crippen molar-refractivity contribution in [2.45, 2.75) is 29.5 Å². The molecule has 2 unspecified atom stereocenters. The minimum Gasteiger partial charge on any atom is -0.263 e. The van der Waals surface area contributed by atoms with Crippen LogP contribution >= 0.6 is 0 Å². The molecule has 0 bridgehead atoms. The summed E-state index contributed by atoms with van der Waals surface area (Å²) in [4.78, 5) is 10.5. The zero-order valence-corrected chi connectivity index (χ0v) is 12.3. The van der Waals surface area contributed by atoms with Gasteiger partial charge in [-0.2, -0.15) is 0 Å². The number of allylic oxidation sites excluding steroid dienone is 4. The van der Waals surface area contributed by atoms with E-state index in [0.29, 0.717) is 6.42 Å². The van der Waals surface area contributed by atoms with E-state index in [-0.39, 0.29) is 17.2 Å². The van der Waals surface area contributed by atoms with Gasteiger partial charge < -0.3 is 0 Å². The summed E-state index contributed by atoms with van der Waals surface area (Å²) >= 11 is 0. The van der Waals surface area contributed by atoms with Gasteiger partial charge in [0.2, 0.25) is 9.84 Å². The van der Waals surface area contributed by atoms with Gasteiger partial charge in [0.1, 0.15) is 0 Å². The van der Waals surface area contributed by atoms with E-state index in [1.807, 2.05) is 24.3 Å². The van der Waals surface area contributed by atoms with E-state index in [1.165, 1.54) is 12.1 Å². The Balaban J connectivity index is 2.13. The summed E-state index contributed by atoms with van der Waals surface area (Å²) in [6, 6.07) is 7.61. The Hall–Kier alpha value is -1.95. The Bertz CT molecular complexity index is 650. The molecule has 2 atom stereocenters. The smallest absolute Gasteiger partial charge is 0.263 e. The molecule has 0 spiro atoms. The number of hydrogen-bond acceptors (Lipinski definition) is 4. The highest BCUT2D eigenvalue weighted by atomic mass is 32.2. The number of nitrogens with zero attached hydrogens (tertiary/aromatic N) is 1. The Morgan fingerprint density at radius 3 is 2.52 bits per heavy atom. The van der Waals surface area contributed by atoms with Crippen LogP contribution in [0.2, 0.25) is 0 Å². The van der Waals surface area contributed by atoms with Crippen molar-refractivity contribution in [2.75, 3.05) is 0 Å². The van der Waals surface area contributed by atoms with Crippen LogP contribution in [0, 0.1) is 16.0 Å². The third-order valence-corrected chi connectivity index (χ3v) is 5.57. The Morgan fingerprint density at radius 1 is 1.24 bits per heavy atom. The average Bonchev–Trinajstić information content (AvgIpc) is 2.49. The van der Waals surface area contributed by atoms with Gasteiger partial charge in [-0.15, -0.1) is 0 Å². The second-order valence-corrected chi connectivity index (χ2v) is 7.09. The number of hydrogen-bond donors (Lipinski definition) is 0. The first-order chi connectivity index (χ1) is 10.0. The molecule has 2 rings (SSSR count). The van der Waals surface area contributed by atoms with Gasteiger partial charge in [-0.1, -0.05) is 42.5 Å². The predicted molar refractivity (Wildman–Crippen MR) is 80.0 cm³/mol. The molecule has 6 heteroatoms. The van der Waals surface area contributed by atoms with Gasteiger partial charge in [0.25, 0.3) is 0 Å². The highest BCUT2D eigenvalue weighted by Gasteiger charge is 2.37. The minimum atomic E-state index is -3.94. The summed E-state index contributed by atoms with van der Waals surface area (Å²) in [5, 5.41) is 9.60. The number of nitro groups is 1. The van der Waals surface area contributed by atoms with E-state index in [9.17, 15) is 18.5 Å². The van der Waals surface area contributed by atoms with E-state index in [1.54, 1.807) is 18.2 Å². The molecule has 0 heterocycles. The zero-order valence-electron chi connectivity index (χ0n) is 11.5. The Kier molecular flexibility index (Phi) is 4.90. The highest BCUT2D eigenvalue weighted by molar-refractivity contribution is 7.91. The molecule has 0 fully saturated rings. The second kappa shape index (κ2) is 6.67. The van der Waals surface area contributed by atoms with E-state index in [4.69, 9.17) is 0 Å². The van der Waals surface area contributed by atoms with E-state index in [0.717, 1.165) is 6.42 Å². The maximum atomic E-state index is 12.4. The van der Waals surface area contributed by atoms with Crippen LogP contribution in [0.4, 0.5) is 0 Å². The molecule has 1 aliphatic carbocycles. The molecule has 0 saturated heterocycles. The summed E-state index contributed by atoms with van der Waals surface area (Å²) in [5.74, 6) is 0.170. The van der Waals surface area contributed by atoms with Gasteiger partial charge in [0, 0.05) is 11.3 Å². The van der Waals surface area contributed by atoms with Gasteiger partial charge in [-0.25, -0.2) is 8.42 Å². The fourth-order valence-electron chi connectivity index (χ4n) is 2.34. The SMILES string of the molecule is O=[N+]([O-])C(CCC1C=CC=CC1)S(=O)(=O)c1ccccc1. The molecule has 21 heavy (non-hydrogen) atoms. The van der Waals surface area contributed by atoms with Crippen LogP contribution in [0.1, 0.15) is 19.3 Å². The van der Waals surface area contributed by atoms with Gasteiger partial charge >= 0.3 is 5.37 Å². The molecule has 0 aliphatic heterocycles. The van der Waals surface area contributed by atoms with Crippen molar-refractivity contribution in [2.24, 2.45) is 5.92 Å². The standard InChI is InChI=1S/C15H17NO4S/c17-16(18)15(12-11-13-7-3-1-4-8-13)21(19,20)14-9-5-2-6-10-14/h1-7,9-10,13,15H,8,11-12H2. The highest BCUT2D eigenvalue weighted by Crippen LogP contribution is 2.24. The summed E-state index contributed by atoms with van der Waals surface area (Å²) in [6.45, 7) is 0. The molecule has 0 radical (unpaired) electrons.